The van der Waals surface area contributed by atoms with Crippen molar-refractivity contribution < 1.29 is 4.90 Å². The molecule has 0 saturated heterocycles. The maximum absolute atomic E-state index is 4.97. The monoisotopic (exact) mass is 158 g/mol. The fraction of sp³-hybridized carbons (Fsp3) is 0.875. The molecule has 1 aliphatic carbocycles. The summed E-state index contributed by atoms with van der Waals surface area (Å²) in [5.41, 5.74) is 0. The minimum absolute atomic E-state index is 0.708. The van der Waals surface area contributed by atoms with Crippen LogP contribution in [0.25, 0.3) is 0 Å². The van der Waals surface area contributed by atoms with Crippen molar-refractivity contribution in [1.82, 2.24) is 0 Å². The summed E-state index contributed by atoms with van der Waals surface area (Å²) in [6, 6.07) is 0.803. The zero-order chi connectivity index (χ0) is 7.56. The lowest BCUT2D eigenvalue weighted by molar-refractivity contribution is -0.887. The maximum Gasteiger partial charge on any atom is 0.0942 e. The SMILES string of the molecule is C[NH+](C)C1CCCC1C=S. The zero-order valence-corrected chi connectivity index (χ0v) is 7.58. The van der Waals surface area contributed by atoms with E-state index in [1.807, 2.05) is 5.37 Å². The van der Waals surface area contributed by atoms with Gasteiger partial charge in [0.2, 0.25) is 0 Å². The van der Waals surface area contributed by atoms with E-state index in [0.717, 1.165) is 6.04 Å². The Labute approximate surface area is 68.4 Å². The molecule has 0 aliphatic heterocycles. The van der Waals surface area contributed by atoms with Crippen molar-refractivity contribution >= 4 is 17.6 Å². The minimum atomic E-state index is 0.708. The van der Waals surface area contributed by atoms with E-state index in [1.165, 1.54) is 19.3 Å². The molecule has 0 spiro atoms. The normalized spacial score (nSPS) is 33.1. The Morgan fingerprint density at radius 3 is 2.50 bits per heavy atom. The molecule has 1 aliphatic rings. The van der Waals surface area contributed by atoms with Gasteiger partial charge in [-0.3, -0.25) is 0 Å². The maximum atomic E-state index is 4.97. The van der Waals surface area contributed by atoms with E-state index in [0.29, 0.717) is 5.92 Å². The first kappa shape index (κ1) is 8.15. The lowest BCUT2D eigenvalue weighted by Crippen LogP contribution is -3.10. The summed E-state index contributed by atoms with van der Waals surface area (Å²) in [7, 11) is 4.45. The van der Waals surface area contributed by atoms with E-state index in [9.17, 15) is 0 Å². The highest BCUT2D eigenvalue weighted by molar-refractivity contribution is 7.79. The number of thiocarbonyl (C=S) groups is 1. The van der Waals surface area contributed by atoms with Crippen LogP contribution in [0.1, 0.15) is 19.3 Å². The highest BCUT2D eigenvalue weighted by atomic mass is 32.1. The van der Waals surface area contributed by atoms with Gasteiger partial charge >= 0.3 is 0 Å². The van der Waals surface area contributed by atoms with E-state index in [-0.39, 0.29) is 0 Å². The number of rotatable bonds is 2. The summed E-state index contributed by atoms with van der Waals surface area (Å²) < 4.78 is 0. The van der Waals surface area contributed by atoms with Gasteiger partial charge in [0.05, 0.1) is 20.1 Å². The molecular weight excluding hydrogens is 142 g/mol. The molecule has 0 aromatic carbocycles. The van der Waals surface area contributed by atoms with Crippen LogP contribution < -0.4 is 4.90 Å². The second kappa shape index (κ2) is 3.44. The molecule has 1 N–H and O–H groups in total. The molecule has 0 aromatic rings. The van der Waals surface area contributed by atoms with Crippen LogP contribution in [0.4, 0.5) is 0 Å². The number of hydrogen-bond acceptors (Lipinski definition) is 1. The van der Waals surface area contributed by atoms with Crippen molar-refractivity contribution in [2.45, 2.75) is 25.3 Å². The molecule has 2 heteroatoms. The van der Waals surface area contributed by atoms with Crippen molar-refractivity contribution in [1.29, 1.82) is 0 Å². The van der Waals surface area contributed by atoms with E-state index < -0.39 is 0 Å². The predicted molar refractivity (Wildman–Crippen MR) is 47.6 cm³/mol. The van der Waals surface area contributed by atoms with Gasteiger partial charge in [0.1, 0.15) is 0 Å². The van der Waals surface area contributed by atoms with E-state index in [4.69, 9.17) is 12.2 Å². The van der Waals surface area contributed by atoms with Crippen LogP contribution in [0, 0.1) is 5.92 Å². The van der Waals surface area contributed by atoms with Crippen LogP contribution >= 0.6 is 12.2 Å². The van der Waals surface area contributed by atoms with Crippen LogP contribution in [0.5, 0.6) is 0 Å². The Balaban J connectivity index is 2.49. The first-order valence-corrected chi connectivity index (χ1v) is 4.48. The Kier molecular flexibility index (Phi) is 2.81. The Hall–Kier alpha value is 0.0500. The third-order valence-corrected chi connectivity index (χ3v) is 2.84. The van der Waals surface area contributed by atoms with Crippen LogP contribution in [-0.4, -0.2) is 25.5 Å². The van der Waals surface area contributed by atoms with Crippen molar-refractivity contribution in [3.05, 3.63) is 0 Å². The molecule has 0 amide bonds. The molecule has 0 radical (unpaired) electrons. The quantitative estimate of drug-likeness (QED) is 0.566. The summed E-state index contributed by atoms with van der Waals surface area (Å²) in [5, 5.41) is 1.96. The summed E-state index contributed by atoms with van der Waals surface area (Å²) in [4.78, 5) is 1.56. The van der Waals surface area contributed by atoms with Crippen LogP contribution in [0.15, 0.2) is 0 Å². The number of quaternary nitrogens is 1. The van der Waals surface area contributed by atoms with Gasteiger partial charge in [-0.1, -0.05) is 12.2 Å². The predicted octanol–water partition coefficient (Wildman–Crippen LogP) is 0.299. The molecule has 0 aromatic heterocycles. The topological polar surface area (TPSA) is 4.44 Å². The second-order valence-electron chi connectivity index (χ2n) is 3.41. The Bertz CT molecular complexity index is 122. The van der Waals surface area contributed by atoms with Gasteiger partial charge in [0.25, 0.3) is 0 Å². The Morgan fingerprint density at radius 1 is 1.40 bits per heavy atom. The zero-order valence-electron chi connectivity index (χ0n) is 6.76. The third kappa shape index (κ3) is 1.55. The fourth-order valence-electron chi connectivity index (χ4n) is 1.87. The molecule has 1 fully saturated rings. The van der Waals surface area contributed by atoms with Gasteiger partial charge < -0.3 is 4.90 Å². The van der Waals surface area contributed by atoms with Gasteiger partial charge in [-0.15, -0.1) is 0 Å². The van der Waals surface area contributed by atoms with Crippen molar-refractivity contribution in [3.63, 3.8) is 0 Å². The molecule has 1 rings (SSSR count). The van der Waals surface area contributed by atoms with Gasteiger partial charge in [-0.2, -0.15) is 0 Å². The van der Waals surface area contributed by atoms with Crippen LogP contribution in [0.3, 0.4) is 0 Å². The number of nitrogens with one attached hydrogen (secondary N) is 1. The second-order valence-corrected chi connectivity index (χ2v) is 3.69. The highest BCUT2D eigenvalue weighted by Crippen LogP contribution is 2.21. The van der Waals surface area contributed by atoms with Gasteiger partial charge in [-0.25, -0.2) is 0 Å². The van der Waals surface area contributed by atoms with E-state index >= 15 is 0 Å². The molecule has 0 heterocycles. The van der Waals surface area contributed by atoms with Gasteiger partial charge in [-0.05, 0) is 18.2 Å². The molecule has 1 saturated carbocycles. The first-order valence-electron chi connectivity index (χ1n) is 4.01. The Morgan fingerprint density at radius 2 is 2.10 bits per heavy atom. The van der Waals surface area contributed by atoms with Gasteiger partial charge in [0, 0.05) is 12.3 Å². The third-order valence-electron chi connectivity index (χ3n) is 2.49. The first-order chi connectivity index (χ1) is 4.75. The minimum Gasteiger partial charge on any atom is -0.337 e. The average molecular weight is 158 g/mol. The molecular formula is C8H16NS+. The number of hydrogen-bond donors (Lipinski definition) is 1. The standard InChI is InChI=1S/C8H15NS/c1-9(2)8-5-3-4-7(8)6-10/h6-8H,3-5H2,1-2H3/p+1. The molecule has 0 bridgehead atoms. The largest absolute Gasteiger partial charge is 0.337 e. The molecule has 2 unspecified atom stereocenters. The summed E-state index contributed by atoms with van der Waals surface area (Å²) in [5.74, 6) is 0.708. The lowest BCUT2D eigenvalue weighted by atomic mass is 10.1. The van der Waals surface area contributed by atoms with E-state index in [2.05, 4.69) is 14.1 Å². The van der Waals surface area contributed by atoms with Crippen LogP contribution in [-0.2, 0) is 0 Å². The molecule has 1 nitrogen and oxygen atoms in total. The van der Waals surface area contributed by atoms with Crippen molar-refractivity contribution in [2.24, 2.45) is 5.92 Å². The molecule has 58 valence electrons. The smallest absolute Gasteiger partial charge is 0.0942 e. The highest BCUT2D eigenvalue weighted by Gasteiger charge is 2.29. The van der Waals surface area contributed by atoms with Crippen molar-refractivity contribution in [3.8, 4) is 0 Å². The van der Waals surface area contributed by atoms with E-state index in [1.54, 1.807) is 4.90 Å². The molecule has 2 atom stereocenters. The summed E-state index contributed by atoms with van der Waals surface area (Å²) in [6.07, 6.45) is 4.05. The molecule has 10 heavy (non-hydrogen) atoms. The average Bonchev–Trinajstić information content (AvgIpc) is 2.33. The van der Waals surface area contributed by atoms with Gasteiger partial charge in [0.15, 0.2) is 0 Å². The summed E-state index contributed by atoms with van der Waals surface area (Å²) in [6.45, 7) is 0. The lowest BCUT2D eigenvalue weighted by Gasteiger charge is -2.19. The fourth-order valence-corrected chi connectivity index (χ4v) is 2.19. The van der Waals surface area contributed by atoms with Crippen LogP contribution in [0.2, 0.25) is 0 Å². The van der Waals surface area contributed by atoms with Crippen molar-refractivity contribution in [2.75, 3.05) is 14.1 Å². The summed E-state index contributed by atoms with van der Waals surface area (Å²) >= 11 is 4.97.